The third-order valence-electron chi connectivity index (χ3n) is 3.75. The van der Waals surface area contributed by atoms with E-state index < -0.39 is 6.10 Å². The maximum absolute atomic E-state index is 9.74. The molecule has 2 atom stereocenters. The van der Waals surface area contributed by atoms with Crippen LogP contribution >= 0.6 is 0 Å². The molecule has 0 fully saturated rings. The highest BCUT2D eigenvalue weighted by molar-refractivity contribution is 5.93. The Hall–Kier alpha value is -2.53. The summed E-state index contributed by atoms with van der Waals surface area (Å²) < 4.78 is 5.29. The summed E-state index contributed by atoms with van der Waals surface area (Å²) in [4.78, 5) is 4.44. The maximum atomic E-state index is 9.74. The number of aliphatic imine (C=N–C) groups is 1. The van der Waals surface area contributed by atoms with Crippen LogP contribution in [0.4, 0.5) is 5.69 Å². The molecule has 0 heterocycles. The Morgan fingerprint density at radius 3 is 2.50 bits per heavy atom. The Morgan fingerprint density at radius 2 is 1.83 bits per heavy atom. The minimum atomic E-state index is -0.395. The molecule has 2 aromatic rings. The molecule has 4 N–H and O–H groups in total. The highest BCUT2D eigenvalue weighted by Crippen LogP contribution is 2.24. The predicted molar refractivity (Wildman–Crippen MR) is 98.6 cm³/mol. The van der Waals surface area contributed by atoms with Gasteiger partial charge in [-0.3, -0.25) is 4.99 Å². The number of nitrogens with one attached hydrogen (secondary N) is 1. The lowest BCUT2D eigenvalue weighted by atomic mass is 9.93. The fraction of sp³-hybridized carbons (Fsp3) is 0.316. The van der Waals surface area contributed by atoms with Crippen molar-refractivity contribution in [3.8, 4) is 5.75 Å². The van der Waals surface area contributed by atoms with Crippen molar-refractivity contribution in [1.82, 2.24) is 0 Å². The zero-order valence-electron chi connectivity index (χ0n) is 14.1. The summed E-state index contributed by atoms with van der Waals surface area (Å²) in [5.41, 5.74) is 7.92. The van der Waals surface area contributed by atoms with Crippen molar-refractivity contribution in [3.63, 3.8) is 0 Å². The van der Waals surface area contributed by atoms with Gasteiger partial charge in [0.25, 0.3) is 0 Å². The molecule has 0 bridgehead atoms. The minimum Gasteiger partial charge on any atom is -0.495 e. The molecule has 5 nitrogen and oxygen atoms in total. The van der Waals surface area contributed by atoms with Crippen molar-refractivity contribution >= 4 is 11.6 Å². The van der Waals surface area contributed by atoms with Crippen LogP contribution < -0.4 is 15.8 Å². The van der Waals surface area contributed by atoms with E-state index in [0.717, 1.165) is 11.3 Å². The third kappa shape index (κ3) is 5.28. The van der Waals surface area contributed by atoms with Crippen LogP contribution in [-0.4, -0.2) is 30.8 Å². The minimum absolute atomic E-state index is 0.115. The molecule has 0 aliphatic heterocycles. The molecule has 2 rings (SSSR count). The van der Waals surface area contributed by atoms with Gasteiger partial charge in [-0.1, -0.05) is 42.5 Å². The monoisotopic (exact) mass is 327 g/mol. The molecular weight excluding hydrogens is 302 g/mol. The molecule has 0 aliphatic rings. The Bertz CT molecular complexity index is 657. The number of nitrogens with zero attached hydrogens (tertiary/aromatic N) is 1. The van der Waals surface area contributed by atoms with Gasteiger partial charge in [0.05, 0.1) is 18.9 Å². The van der Waals surface area contributed by atoms with Gasteiger partial charge in [-0.2, -0.15) is 0 Å². The number of aliphatic hydroxyl groups excluding tert-OH is 1. The summed E-state index contributed by atoms with van der Waals surface area (Å²) in [7, 11) is 1.61. The van der Waals surface area contributed by atoms with Gasteiger partial charge in [0.1, 0.15) is 5.75 Å². The van der Waals surface area contributed by atoms with Gasteiger partial charge in [-0.05, 0) is 31.0 Å². The number of aliphatic hydroxyl groups is 1. The first-order valence-corrected chi connectivity index (χ1v) is 8.03. The number of rotatable bonds is 7. The number of hydrogen-bond acceptors (Lipinski definition) is 3. The van der Waals surface area contributed by atoms with Crippen LogP contribution in [-0.2, 0) is 0 Å². The van der Waals surface area contributed by atoms with Crippen LogP contribution in [0.15, 0.2) is 59.6 Å². The first-order chi connectivity index (χ1) is 11.6. The Balaban J connectivity index is 2.07. The number of ether oxygens (including phenoxy) is 1. The zero-order chi connectivity index (χ0) is 17.4. The first kappa shape index (κ1) is 17.8. The average Bonchev–Trinajstić information content (AvgIpc) is 2.59. The number of guanidine groups is 1. The molecule has 24 heavy (non-hydrogen) atoms. The molecule has 0 amide bonds. The normalized spacial score (nSPS) is 14.0. The van der Waals surface area contributed by atoms with Crippen molar-refractivity contribution in [2.45, 2.75) is 25.4 Å². The quantitative estimate of drug-likeness (QED) is 0.539. The van der Waals surface area contributed by atoms with Crippen molar-refractivity contribution in [2.75, 3.05) is 19.0 Å². The van der Waals surface area contributed by atoms with Crippen molar-refractivity contribution in [3.05, 3.63) is 60.2 Å². The van der Waals surface area contributed by atoms with Crippen LogP contribution in [0.25, 0.3) is 0 Å². The van der Waals surface area contributed by atoms with Crippen LogP contribution in [0.3, 0.4) is 0 Å². The molecular formula is C19H25N3O2. The molecule has 5 heteroatoms. The summed E-state index contributed by atoms with van der Waals surface area (Å²) in [5.74, 6) is 1.15. The highest BCUT2D eigenvalue weighted by Gasteiger charge is 2.14. The number of hydrogen-bond donors (Lipinski definition) is 3. The van der Waals surface area contributed by atoms with Crippen molar-refractivity contribution in [2.24, 2.45) is 10.7 Å². The standard InChI is InChI=1S/C19H25N3O2/c1-14(23)12-16(15-8-4-3-5-9-15)13-21-19(20)22-17-10-6-7-11-18(17)24-2/h3-11,14,16,23H,12-13H2,1-2H3,(H3,20,21,22). The van der Waals surface area contributed by atoms with Gasteiger partial charge in [0.15, 0.2) is 5.96 Å². The van der Waals surface area contributed by atoms with Gasteiger partial charge in [0.2, 0.25) is 0 Å². The number of anilines is 1. The topological polar surface area (TPSA) is 79.9 Å². The molecule has 0 aromatic heterocycles. The summed E-state index contributed by atoms with van der Waals surface area (Å²) in [6.45, 7) is 2.29. The third-order valence-corrected chi connectivity index (χ3v) is 3.75. The fourth-order valence-corrected chi connectivity index (χ4v) is 2.59. The number of nitrogens with two attached hydrogens (primary N) is 1. The van der Waals surface area contributed by atoms with Gasteiger partial charge in [0, 0.05) is 12.5 Å². The average molecular weight is 327 g/mol. The van der Waals surface area contributed by atoms with E-state index in [-0.39, 0.29) is 5.92 Å². The van der Waals surface area contributed by atoms with E-state index in [1.54, 1.807) is 14.0 Å². The van der Waals surface area contributed by atoms with E-state index >= 15 is 0 Å². The lowest BCUT2D eigenvalue weighted by Gasteiger charge is -2.17. The second-order valence-corrected chi connectivity index (χ2v) is 5.74. The predicted octanol–water partition coefficient (Wildman–Crippen LogP) is 2.98. The van der Waals surface area contributed by atoms with Gasteiger partial charge >= 0.3 is 0 Å². The summed E-state index contributed by atoms with van der Waals surface area (Å²) in [5, 5.41) is 12.8. The second-order valence-electron chi connectivity index (χ2n) is 5.74. The second kappa shape index (κ2) is 8.93. The molecule has 0 saturated carbocycles. The van der Waals surface area contributed by atoms with E-state index in [4.69, 9.17) is 10.5 Å². The molecule has 0 aliphatic carbocycles. The molecule has 2 unspecified atom stereocenters. The summed E-state index contributed by atoms with van der Waals surface area (Å²) >= 11 is 0. The molecule has 128 valence electrons. The SMILES string of the molecule is COc1ccccc1NC(N)=NCC(CC(C)O)c1ccccc1. The maximum Gasteiger partial charge on any atom is 0.193 e. The number of methoxy groups -OCH3 is 1. The van der Waals surface area contributed by atoms with Crippen LogP contribution in [0.1, 0.15) is 24.8 Å². The van der Waals surface area contributed by atoms with Crippen LogP contribution in [0, 0.1) is 0 Å². The van der Waals surface area contributed by atoms with E-state index in [0.29, 0.717) is 24.7 Å². The van der Waals surface area contributed by atoms with E-state index in [1.807, 2.05) is 54.6 Å². The Labute approximate surface area is 143 Å². The lowest BCUT2D eigenvalue weighted by molar-refractivity contribution is 0.175. The number of para-hydroxylation sites is 2. The Kier molecular flexibility index (Phi) is 6.63. The number of benzene rings is 2. The first-order valence-electron chi connectivity index (χ1n) is 8.03. The molecule has 0 saturated heterocycles. The van der Waals surface area contributed by atoms with Gasteiger partial charge in [-0.15, -0.1) is 0 Å². The molecule has 2 aromatic carbocycles. The zero-order valence-corrected chi connectivity index (χ0v) is 14.1. The van der Waals surface area contributed by atoms with Crippen molar-refractivity contribution < 1.29 is 9.84 Å². The van der Waals surface area contributed by atoms with Crippen molar-refractivity contribution in [1.29, 1.82) is 0 Å². The summed E-state index contributed by atoms with van der Waals surface area (Å²) in [6, 6.07) is 17.6. The van der Waals surface area contributed by atoms with Crippen LogP contribution in [0.5, 0.6) is 5.75 Å². The Morgan fingerprint density at radius 1 is 1.17 bits per heavy atom. The largest absolute Gasteiger partial charge is 0.495 e. The smallest absolute Gasteiger partial charge is 0.193 e. The lowest BCUT2D eigenvalue weighted by Crippen LogP contribution is -2.24. The van der Waals surface area contributed by atoms with E-state index in [9.17, 15) is 5.11 Å². The fourth-order valence-electron chi connectivity index (χ4n) is 2.59. The highest BCUT2D eigenvalue weighted by atomic mass is 16.5. The van der Waals surface area contributed by atoms with E-state index in [1.165, 1.54) is 0 Å². The van der Waals surface area contributed by atoms with Crippen LogP contribution in [0.2, 0.25) is 0 Å². The molecule has 0 radical (unpaired) electrons. The van der Waals surface area contributed by atoms with Gasteiger partial charge in [-0.25, -0.2) is 0 Å². The van der Waals surface area contributed by atoms with Gasteiger partial charge < -0.3 is 20.9 Å². The summed E-state index contributed by atoms with van der Waals surface area (Å²) in [6.07, 6.45) is 0.240. The van der Waals surface area contributed by atoms with E-state index in [2.05, 4.69) is 10.3 Å². The molecule has 0 spiro atoms.